The predicted octanol–water partition coefficient (Wildman–Crippen LogP) is 1.77. The minimum atomic E-state index is 0.433. The average molecular weight is 305 g/mol. The first-order chi connectivity index (χ1) is 8.66. The molecule has 0 aromatic carbocycles. The number of nitrogens with zero attached hydrogens (tertiary/aromatic N) is 5. The Morgan fingerprint density at radius 2 is 1.89 bits per heavy atom. The van der Waals surface area contributed by atoms with Crippen molar-refractivity contribution in [2.75, 3.05) is 5.73 Å². The fourth-order valence-electron chi connectivity index (χ4n) is 1.86. The number of nitrogens with two attached hydrogens (primary N) is 1. The van der Waals surface area contributed by atoms with Crippen molar-refractivity contribution < 1.29 is 0 Å². The van der Waals surface area contributed by atoms with E-state index in [1.807, 2.05) is 17.8 Å². The lowest BCUT2D eigenvalue weighted by molar-refractivity contribution is 0.943. The Balaban J connectivity index is 2.32. The van der Waals surface area contributed by atoms with Crippen molar-refractivity contribution in [3.63, 3.8) is 0 Å². The van der Waals surface area contributed by atoms with Gasteiger partial charge < -0.3 is 10.3 Å². The Labute approximate surface area is 111 Å². The van der Waals surface area contributed by atoms with E-state index in [1.165, 1.54) is 6.33 Å². The van der Waals surface area contributed by atoms with Crippen molar-refractivity contribution in [3.05, 3.63) is 29.4 Å². The summed E-state index contributed by atoms with van der Waals surface area (Å²) in [4.78, 5) is 16.8. The van der Waals surface area contributed by atoms with Crippen LogP contribution in [-0.2, 0) is 7.05 Å². The second-order valence-corrected chi connectivity index (χ2v) is 4.75. The maximum Gasteiger partial charge on any atom is 0.161 e. The third-order valence-corrected chi connectivity index (χ3v) is 3.05. The number of halogens is 1. The SMILES string of the molecule is Cn1cc(-c2ncc(Br)cn2)c2c(N)ncnc21. The molecule has 3 aromatic rings. The molecule has 6 nitrogen and oxygen atoms in total. The van der Waals surface area contributed by atoms with E-state index in [0.29, 0.717) is 11.6 Å². The first-order valence-corrected chi connectivity index (χ1v) is 5.99. The van der Waals surface area contributed by atoms with E-state index >= 15 is 0 Å². The van der Waals surface area contributed by atoms with Crippen molar-refractivity contribution >= 4 is 32.8 Å². The standard InChI is InChI=1S/C11H9BrN6/c1-18-4-7(10-14-2-6(12)3-15-10)8-9(13)16-5-17-11(8)18/h2-5H,1H3,(H2,13,16,17). The van der Waals surface area contributed by atoms with Gasteiger partial charge in [-0.1, -0.05) is 0 Å². The molecule has 0 aliphatic carbocycles. The Hall–Kier alpha value is -2.02. The van der Waals surface area contributed by atoms with Crippen LogP contribution in [-0.4, -0.2) is 24.5 Å². The van der Waals surface area contributed by atoms with Crippen LogP contribution in [0.3, 0.4) is 0 Å². The summed E-state index contributed by atoms with van der Waals surface area (Å²) in [5, 5.41) is 0.780. The van der Waals surface area contributed by atoms with Gasteiger partial charge in [0.05, 0.1) is 15.4 Å². The Kier molecular flexibility index (Phi) is 2.48. The molecule has 0 aliphatic rings. The van der Waals surface area contributed by atoms with E-state index in [2.05, 4.69) is 35.9 Å². The second-order valence-electron chi connectivity index (χ2n) is 3.84. The second kappa shape index (κ2) is 4.02. The lowest BCUT2D eigenvalue weighted by Gasteiger charge is -1.99. The highest BCUT2D eigenvalue weighted by Gasteiger charge is 2.14. The molecule has 18 heavy (non-hydrogen) atoms. The van der Waals surface area contributed by atoms with Crippen LogP contribution >= 0.6 is 15.9 Å². The van der Waals surface area contributed by atoms with Crippen LogP contribution in [0.5, 0.6) is 0 Å². The molecule has 0 aliphatic heterocycles. The summed E-state index contributed by atoms with van der Waals surface area (Å²) in [6.45, 7) is 0. The van der Waals surface area contributed by atoms with E-state index in [9.17, 15) is 0 Å². The minimum Gasteiger partial charge on any atom is -0.383 e. The third-order valence-electron chi connectivity index (χ3n) is 2.64. The maximum atomic E-state index is 5.91. The fraction of sp³-hybridized carbons (Fsp3) is 0.0909. The van der Waals surface area contributed by atoms with Crippen LogP contribution < -0.4 is 5.73 Å². The fourth-order valence-corrected chi connectivity index (χ4v) is 2.06. The Bertz CT molecular complexity index is 718. The molecule has 0 unspecified atom stereocenters. The summed E-state index contributed by atoms with van der Waals surface area (Å²) in [6.07, 6.45) is 6.74. The summed E-state index contributed by atoms with van der Waals surface area (Å²) < 4.78 is 2.71. The summed E-state index contributed by atoms with van der Waals surface area (Å²) in [7, 11) is 1.90. The molecule has 0 spiro atoms. The highest BCUT2D eigenvalue weighted by Crippen LogP contribution is 2.29. The van der Waals surface area contributed by atoms with Crippen LogP contribution in [0.2, 0.25) is 0 Å². The van der Waals surface area contributed by atoms with Gasteiger partial charge in [-0.3, -0.25) is 0 Å². The molecule has 0 atom stereocenters. The molecular weight excluding hydrogens is 296 g/mol. The van der Waals surface area contributed by atoms with E-state index in [1.54, 1.807) is 12.4 Å². The number of aryl methyl sites for hydroxylation is 1. The normalized spacial score (nSPS) is 11.0. The third kappa shape index (κ3) is 1.63. The van der Waals surface area contributed by atoms with Crippen molar-refractivity contribution in [1.82, 2.24) is 24.5 Å². The summed E-state index contributed by atoms with van der Waals surface area (Å²) >= 11 is 3.31. The van der Waals surface area contributed by atoms with E-state index in [0.717, 1.165) is 21.1 Å². The Morgan fingerprint density at radius 1 is 1.17 bits per heavy atom. The van der Waals surface area contributed by atoms with Gasteiger partial charge in [0, 0.05) is 25.6 Å². The summed E-state index contributed by atoms with van der Waals surface area (Å²) in [5.41, 5.74) is 7.51. The molecule has 0 amide bonds. The summed E-state index contributed by atoms with van der Waals surface area (Å²) in [5.74, 6) is 1.03. The maximum absolute atomic E-state index is 5.91. The lowest BCUT2D eigenvalue weighted by atomic mass is 10.2. The van der Waals surface area contributed by atoms with E-state index < -0.39 is 0 Å². The van der Waals surface area contributed by atoms with Crippen LogP contribution in [0, 0.1) is 0 Å². The van der Waals surface area contributed by atoms with Gasteiger partial charge >= 0.3 is 0 Å². The number of hydrogen-bond donors (Lipinski definition) is 1. The molecule has 3 heterocycles. The van der Waals surface area contributed by atoms with Crippen molar-refractivity contribution in [2.45, 2.75) is 0 Å². The zero-order chi connectivity index (χ0) is 12.7. The van der Waals surface area contributed by atoms with Gasteiger partial charge in [0.2, 0.25) is 0 Å². The smallest absolute Gasteiger partial charge is 0.161 e. The summed E-state index contributed by atoms with van der Waals surface area (Å²) in [6, 6.07) is 0. The zero-order valence-corrected chi connectivity index (χ0v) is 11.1. The number of hydrogen-bond acceptors (Lipinski definition) is 5. The molecule has 0 saturated heterocycles. The first-order valence-electron chi connectivity index (χ1n) is 5.20. The molecule has 90 valence electrons. The number of anilines is 1. The van der Waals surface area contributed by atoms with Gasteiger partial charge in [0.1, 0.15) is 17.8 Å². The molecule has 0 bridgehead atoms. The number of nitrogen functional groups attached to an aromatic ring is 1. The molecular formula is C11H9BrN6. The monoisotopic (exact) mass is 304 g/mol. The highest BCUT2D eigenvalue weighted by atomic mass is 79.9. The van der Waals surface area contributed by atoms with Gasteiger partial charge in [-0.15, -0.1) is 0 Å². The van der Waals surface area contributed by atoms with Crippen LogP contribution in [0.4, 0.5) is 5.82 Å². The van der Waals surface area contributed by atoms with Crippen molar-refractivity contribution in [1.29, 1.82) is 0 Å². The van der Waals surface area contributed by atoms with Gasteiger partial charge in [0.15, 0.2) is 5.82 Å². The van der Waals surface area contributed by atoms with Crippen LogP contribution in [0.25, 0.3) is 22.4 Å². The number of aromatic nitrogens is 5. The van der Waals surface area contributed by atoms with Gasteiger partial charge in [0.25, 0.3) is 0 Å². The first kappa shape index (κ1) is 11.1. The largest absolute Gasteiger partial charge is 0.383 e. The molecule has 0 saturated carbocycles. The molecule has 0 radical (unpaired) electrons. The predicted molar refractivity (Wildman–Crippen MR) is 71.6 cm³/mol. The molecule has 2 N–H and O–H groups in total. The van der Waals surface area contributed by atoms with Gasteiger partial charge in [-0.25, -0.2) is 19.9 Å². The lowest BCUT2D eigenvalue weighted by Crippen LogP contribution is -1.95. The molecule has 3 rings (SSSR count). The number of fused-ring (bicyclic) bond motifs is 1. The van der Waals surface area contributed by atoms with Crippen LogP contribution in [0.15, 0.2) is 29.4 Å². The molecule has 3 aromatic heterocycles. The van der Waals surface area contributed by atoms with Crippen molar-refractivity contribution in [3.8, 4) is 11.4 Å². The molecule has 0 fully saturated rings. The Morgan fingerprint density at radius 3 is 2.61 bits per heavy atom. The zero-order valence-electron chi connectivity index (χ0n) is 9.50. The number of rotatable bonds is 1. The van der Waals surface area contributed by atoms with Crippen molar-refractivity contribution in [2.24, 2.45) is 7.05 Å². The average Bonchev–Trinajstić information content (AvgIpc) is 2.70. The van der Waals surface area contributed by atoms with Crippen LogP contribution in [0.1, 0.15) is 0 Å². The van der Waals surface area contributed by atoms with Gasteiger partial charge in [-0.2, -0.15) is 0 Å². The van der Waals surface area contributed by atoms with E-state index in [-0.39, 0.29) is 0 Å². The molecule has 7 heteroatoms. The minimum absolute atomic E-state index is 0.433. The van der Waals surface area contributed by atoms with Gasteiger partial charge in [-0.05, 0) is 15.9 Å². The topological polar surface area (TPSA) is 82.5 Å². The quantitative estimate of drug-likeness (QED) is 0.741. The highest BCUT2D eigenvalue weighted by molar-refractivity contribution is 9.10. The van der Waals surface area contributed by atoms with E-state index in [4.69, 9.17) is 5.73 Å².